The quantitative estimate of drug-likeness (QED) is 0.735. The molecular formula is C17H27N3O6. The van der Waals surface area contributed by atoms with Gasteiger partial charge in [0.15, 0.2) is 0 Å². The first kappa shape index (κ1) is 20.0. The first-order chi connectivity index (χ1) is 12.0. The highest BCUT2D eigenvalue weighted by Gasteiger charge is 2.45. The number of carboxylic acid groups (broad SMARTS) is 1. The number of carbonyl (C=O) groups excluding carboxylic acids is 3. The number of hydrogen-bond donors (Lipinski definition) is 2. The van der Waals surface area contributed by atoms with Gasteiger partial charge in [0.2, 0.25) is 11.8 Å². The summed E-state index contributed by atoms with van der Waals surface area (Å²) in [5.74, 6) is -1.74. The molecule has 0 aromatic carbocycles. The van der Waals surface area contributed by atoms with Crippen molar-refractivity contribution in [2.24, 2.45) is 0 Å². The lowest BCUT2D eigenvalue weighted by atomic mass is 10.1. The lowest BCUT2D eigenvalue weighted by Gasteiger charge is -2.38. The van der Waals surface area contributed by atoms with Crippen LogP contribution in [0.1, 0.15) is 47.0 Å². The van der Waals surface area contributed by atoms with Gasteiger partial charge in [-0.1, -0.05) is 0 Å². The summed E-state index contributed by atoms with van der Waals surface area (Å²) in [4.78, 5) is 51.4. The third-order valence-corrected chi connectivity index (χ3v) is 4.61. The van der Waals surface area contributed by atoms with Gasteiger partial charge < -0.3 is 25.0 Å². The van der Waals surface area contributed by atoms with Gasteiger partial charge in [0.05, 0.1) is 6.54 Å². The zero-order valence-corrected chi connectivity index (χ0v) is 15.7. The second-order valence-electron chi connectivity index (χ2n) is 7.78. The van der Waals surface area contributed by atoms with Crippen LogP contribution in [0.25, 0.3) is 0 Å². The largest absolute Gasteiger partial charge is 0.480 e. The van der Waals surface area contributed by atoms with Gasteiger partial charge in [-0.2, -0.15) is 0 Å². The molecule has 0 bridgehead atoms. The van der Waals surface area contributed by atoms with Crippen LogP contribution in [0.15, 0.2) is 0 Å². The van der Waals surface area contributed by atoms with Gasteiger partial charge in [-0.3, -0.25) is 9.59 Å². The van der Waals surface area contributed by atoms with Gasteiger partial charge in [-0.05, 0) is 40.0 Å². The van der Waals surface area contributed by atoms with Crippen LogP contribution in [0.5, 0.6) is 0 Å². The number of carboxylic acids is 1. The summed E-state index contributed by atoms with van der Waals surface area (Å²) in [7, 11) is 0. The van der Waals surface area contributed by atoms with E-state index in [1.54, 1.807) is 20.8 Å². The van der Waals surface area contributed by atoms with E-state index >= 15 is 0 Å². The number of carbonyl (C=O) groups is 4. The Kier molecular flexibility index (Phi) is 5.77. The molecule has 0 aromatic rings. The maximum absolute atomic E-state index is 13.0. The summed E-state index contributed by atoms with van der Waals surface area (Å²) in [5, 5.41) is 11.9. The molecule has 9 heteroatoms. The Labute approximate surface area is 152 Å². The van der Waals surface area contributed by atoms with Crippen LogP contribution in [0.4, 0.5) is 4.79 Å². The average molecular weight is 369 g/mol. The second kappa shape index (κ2) is 7.51. The first-order valence-corrected chi connectivity index (χ1v) is 8.79. The highest BCUT2D eigenvalue weighted by Crippen LogP contribution is 2.29. The van der Waals surface area contributed by atoms with Crippen LogP contribution in [0.2, 0.25) is 0 Å². The van der Waals surface area contributed by atoms with Crippen LogP contribution in [-0.4, -0.2) is 75.6 Å². The fourth-order valence-corrected chi connectivity index (χ4v) is 3.46. The molecular weight excluding hydrogens is 342 g/mol. The van der Waals surface area contributed by atoms with Gasteiger partial charge in [0.1, 0.15) is 17.7 Å². The summed E-state index contributed by atoms with van der Waals surface area (Å²) in [5.41, 5.74) is -0.741. The van der Waals surface area contributed by atoms with Crippen molar-refractivity contribution in [2.75, 3.05) is 13.1 Å². The minimum atomic E-state index is -1.05. The Morgan fingerprint density at radius 3 is 2.38 bits per heavy atom. The summed E-state index contributed by atoms with van der Waals surface area (Å²) in [6.45, 7) is 6.90. The van der Waals surface area contributed by atoms with E-state index in [0.29, 0.717) is 25.8 Å². The molecule has 0 saturated carbocycles. The molecule has 2 N–H and O–H groups in total. The van der Waals surface area contributed by atoms with E-state index in [4.69, 9.17) is 4.74 Å². The Bertz CT molecular complexity index is 600. The Morgan fingerprint density at radius 2 is 1.85 bits per heavy atom. The molecule has 2 saturated heterocycles. The predicted octanol–water partition coefficient (Wildman–Crippen LogP) is 0.576. The zero-order chi connectivity index (χ0) is 19.6. The molecule has 2 rings (SSSR count). The van der Waals surface area contributed by atoms with Crippen molar-refractivity contribution in [1.29, 1.82) is 0 Å². The minimum Gasteiger partial charge on any atom is -0.480 e. The van der Waals surface area contributed by atoms with Crippen LogP contribution < -0.4 is 5.32 Å². The standard InChI is InChI=1S/C17H27N3O6/c1-10(21)19-8-7-11-5-6-13(15(23)24)20(11)14(22)12(9-19)18-16(25)26-17(2,3)4/h11-13H,5-9H2,1-4H3,(H,18,25)(H,23,24). The summed E-state index contributed by atoms with van der Waals surface area (Å²) >= 11 is 0. The van der Waals surface area contributed by atoms with Gasteiger partial charge >= 0.3 is 12.1 Å². The number of ether oxygens (including phenoxy) is 1. The van der Waals surface area contributed by atoms with Crippen molar-refractivity contribution in [3.05, 3.63) is 0 Å². The third kappa shape index (κ3) is 4.64. The number of alkyl carbamates (subject to hydrolysis) is 1. The fourth-order valence-electron chi connectivity index (χ4n) is 3.46. The normalized spacial score (nSPS) is 26.6. The average Bonchev–Trinajstić information content (AvgIpc) is 2.89. The third-order valence-electron chi connectivity index (χ3n) is 4.61. The molecule has 0 spiro atoms. The zero-order valence-electron chi connectivity index (χ0n) is 15.7. The first-order valence-electron chi connectivity index (χ1n) is 8.79. The van der Waals surface area contributed by atoms with Crippen LogP contribution in [-0.2, 0) is 19.1 Å². The number of rotatable bonds is 2. The fraction of sp³-hybridized carbons (Fsp3) is 0.765. The monoisotopic (exact) mass is 369 g/mol. The number of fused-ring (bicyclic) bond motifs is 1. The molecule has 2 fully saturated rings. The van der Waals surface area contributed by atoms with Crippen molar-refractivity contribution in [3.8, 4) is 0 Å². The van der Waals surface area contributed by atoms with E-state index in [0.717, 1.165) is 0 Å². The Hall–Kier alpha value is -2.32. The molecule has 3 amide bonds. The summed E-state index contributed by atoms with van der Waals surface area (Å²) < 4.78 is 5.20. The molecule has 2 heterocycles. The molecule has 2 aliphatic heterocycles. The summed E-state index contributed by atoms with van der Waals surface area (Å²) in [6.07, 6.45) is 0.676. The smallest absolute Gasteiger partial charge is 0.408 e. The van der Waals surface area contributed by atoms with E-state index in [2.05, 4.69) is 5.32 Å². The van der Waals surface area contributed by atoms with E-state index in [1.807, 2.05) is 0 Å². The predicted molar refractivity (Wildman–Crippen MR) is 91.3 cm³/mol. The number of nitrogens with one attached hydrogen (secondary N) is 1. The number of hydrogen-bond acceptors (Lipinski definition) is 5. The Morgan fingerprint density at radius 1 is 1.19 bits per heavy atom. The van der Waals surface area contributed by atoms with E-state index in [-0.39, 0.29) is 18.5 Å². The number of amides is 3. The van der Waals surface area contributed by atoms with E-state index in [9.17, 15) is 24.3 Å². The summed E-state index contributed by atoms with van der Waals surface area (Å²) in [6, 6.07) is -2.20. The van der Waals surface area contributed by atoms with Gasteiger partial charge in [-0.25, -0.2) is 9.59 Å². The van der Waals surface area contributed by atoms with E-state index in [1.165, 1.54) is 16.7 Å². The Balaban J connectivity index is 2.25. The minimum absolute atomic E-state index is 0.0109. The maximum Gasteiger partial charge on any atom is 0.408 e. The van der Waals surface area contributed by atoms with Crippen molar-refractivity contribution < 1.29 is 29.0 Å². The molecule has 3 atom stereocenters. The van der Waals surface area contributed by atoms with Crippen molar-refractivity contribution in [3.63, 3.8) is 0 Å². The highest BCUT2D eigenvalue weighted by molar-refractivity contribution is 5.91. The maximum atomic E-state index is 13.0. The number of aliphatic carboxylic acids is 1. The lowest BCUT2D eigenvalue weighted by molar-refractivity contribution is -0.152. The topological polar surface area (TPSA) is 116 Å². The molecule has 3 unspecified atom stereocenters. The van der Waals surface area contributed by atoms with Crippen molar-refractivity contribution in [1.82, 2.24) is 15.1 Å². The van der Waals surface area contributed by atoms with Crippen LogP contribution in [0.3, 0.4) is 0 Å². The number of nitrogens with zero attached hydrogens (tertiary/aromatic N) is 2. The highest BCUT2D eigenvalue weighted by atomic mass is 16.6. The second-order valence-corrected chi connectivity index (χ2v) is 7.78. The molecule has 26 heavy (non-hydrogen) atoms. The van der Waals surface area contributed by atoms with Crippen molar-refractivity contribution >= 4 is 23.9 Å². The van der Waals surface area contributed by atoms with Gasteiger partial charge in [0, 0.05) is 19.5 Å². The molecule has 0 aromatic heterocycles. The molecule has 0 radical (unpaired) electrons. The van der Waals surface area contributed by atoms with Crippen LogP contribution in [0, 0.1) is 0 Å². The van der Waals surface area contributed by atoms with Gasteiger partial charge in [-0.15, -0.1) is 0 Å². The van der Waals surface area contributed by atoms with E-state index < -0.39 is 35.7 Å². The lowest BCUT2D eigenvalue weighted by Crippen LogP contribution is -2.60. The van der Waals surface area contributed by atoms with Crippen LogP contribution >= 0.6 is 0 Å². The van der Waals surface area contributed by atoms with Gasteiger partial charge in [0.25, 0.3) is 0 Å². The molecule has 146 valence electrons. The van der Waals surface area contributed by atoms with Crippen molar-refractivity contribution in [2.45, 2.75) is 70.7 Å². The SMILES string of the molecule is CC(=O)N1CCC2CCC(C(=O)O)N2C(=O)C(NC(=O)OC(C)(C)C)C1. The molecule has 0 aliphatic carbocycles. The molecule has 9 nitrogen and oxygen atoms in total. The molecule has 2 aliphatic rings.